The van der Waals surface area contributed by atoms with Gasteiger partial charge in [-0.05, 0) is 34.9 Å². The molecule has 1 unspecified atom stereocenters. The summed E-state index contributed by atoms with van der Waals surface area (Å²) in [6.45, 7) is -0.312. The number of sulfonamides is 1. The lowest BCUT2D eigenvalue weighted by molar-refractivity contribution is -0.120. The summed E-state index contributed by atoms with van der Waals surface area (Å²) in [6, 6.07) is 11.1. The van der Waals surface area contributed by atoms with Crippen molar-refractivity contribution < 1.29 is 26.4 Å². The Morgan fingerprint density at radius 2 is 1.88 bits per heavy atom. The Morgan fingerprint density at radius 3 is 2.58 bits per heavy atom. The Labute approximate surface area is 194 Å². The van der Waals surface area contributed by atoms with Crippen LogP contribution in [-0.4, -0.2) is 52.2 Å². The van der Waals surface area contributed by atoms with Gasteiger partial charge < -0.3 is 10.6 Å². The van der Waals surface area contributed by atoms with Gasteiger partial charge in [0.05, 0.1) is 22.4 Å². The van der Waals surface area contributed by atoms with Gasteiger partial charge in [-0.3, -0.25) is 9.59 Å². The van der Waals surface area contributed by atoms with Crippen LogP contribution in [0.2, 0.25) is 0 Å². The van der Waals surface area contributed by atoms with Crippen molar-refractivity contribution in [2.75, 3.05) is 23.9 Å². The summed E-state index contributed by atoms with van der Waals surface area (Å²) in [4.78, 5) is 28.5. The minimum absolute atomic E-state index is 0.0566. The van der Waals surface area contributed by atoms with E-state index in [9.17, 15) is 26.4 Å². The number of hydrogen-bond acceptors (Lipinski definition) is 8. The number of aromatic nitrogens is 1. The quantitative estimate of drug-likeness (QED) is 0.427. The summed E-state index contributed by atoms with van der Waals surface area (Å²) in [5, 5.41) is 8.55. The van der Waals surface area contributed by atoms with Gasteiger partial charge in [0, 0.05) is 18.5 Å². The number of anilines is 1. The fraction of sp³-hybridized carbons (Fsp3) is 0.250. The summed E-state index contributed by atoms with van der Waals surface area (Å²) in [5.74, 6) is -1.44. The predicted molar refractivity (Wildman–Crippen MR) is 126 cm³/mol. The number of sulfone groups is 1. The SMILES string of the molecule is CS(=O)(=O)C(C(=O)NCCS(N)(=O)=O)c1nc2ccc(-c3ccc4c(c3)NC(=O)C4)cc2s1. The Hall–Kier alpha value is -2.87. The summed E-state index contributed by atoms with van der Waals surface area (Å²) in [5.41, 5.74) is 3.92. The average Bonchev–Trinajstić information content (AvgIpc) is 3.26. The van der Waals surface area contributed by atoms with Crippen LogP contribution in [-0.2, 0) is 35.9 Å². The van der Waals surface area contributed by atoms with E-state index in [2.05, 4.69) is 15.6 Å². The third-order valence-electron chi connectivity index (χ3n) is 5.05. The molecule has 4 rings (SSSR count). The van der Waals surface area contributed by atoms with Gasteiger partial charge in [-0.2, -0.15) is 0 Å². The lowest BCUT2D eigenvalue weighted by Crippen LogP contribution is -2.37. The summed E-state index contributed by atoms with van der Waals surface area (Å²) < 4.78 is 47.5. The van der Waals surface area contributed by atoms with Gasteiger partial charge in [0.2, 0.25) is 21.8 Å². The lowest BCUT2D eigenvalue weighted by Gasteiger charge is -2.12. The van der Waals surface area contributed by atoms with Crippen LogP contribution in [0, 0.1) is 0 Å². The highest BCUT2D eigenvalue weighted by atomic mass is 32.2. The number of fused-ring (bicyclic) bond motifs is 2. The normalized spacial score (nSPS) is 14.7. The molecule has 3 aromatic rings. The Bertz CT molecular complexity index is 1500. The fourth-order valence-electron chi connectivity index (χ4n) is 3.53. The maximum Gasteiger partial charge on any atom is 0.245 e. The first kappa shape index (κ1) is 23.3. The molecule has 1 aliphatic heterocycles. The molecule has 0 saturated carbocycles. The lowest BCUT2D eigenvalue weighted by atomic mass is 10.0. The zero-order valence-corrected chi connectivity index (χ0v) is 19.8. The van der Waals surface area contributed by atoms with E-state index in [0.717, 1.165) is 40.0 Å². The van der Waals surface area contributed by atoms with E-state index in [1.165, 1.54) is 0 Å². The first-order valence-corrected chi connectivity index (χ1v) is 14.2. The number of amides is 2. The molecule has 13 heteroatoms. The van der Waals surface area contributed by atoms with Gasteiger partial charge in [-0.15, -0.1) is 11.3 Å². The van der Waals surface area contributed by atoms with Crippen molar-refractivity contribution in [2.24, 2.45) is 5.14 Å². The number of carbonyl (C=O) groups excluding carboxylic acids is 2. The molecular weight excluding hydrogens is 488 g/mol. The number of benzene rings is 2. The highest BCUT2D eigenvalue weighted by Crippen LogP contribution is 2.35. The van der Waals surface area contributed by atoms with Crippen LogP contribution in [0.15, 0.2) is 36.4 Å². The molecule has 2 heterocycles. The van der Waals surface area contributed by atoms with E-state index >= 15 is 0 Å². The van der Waals surface area contributed by atoms with Crippen LogP contribution in [0.5, 0.6) is 0 Å². The van der Waals surface area contributed by atoms with Crippen molar-refractivity contribution >= 4 is 58.9 Å². The second kappa shape index (κ2) is 8.48. The molecule has 1 aromatic heterocycles. The van der Waals surface area contributed by atoms with Gasteiger partial charge in [0.1, 0.15) is 5.01 Å². The predicted octanol–water partition coefficient (Wildman–Crippen LogP) is 0.948. The molecule has 0 radical (unpaired) electrons. The zero-order valence-electron chi connectivity index (χ0n) is 17.4. The van der Waals surface area contributed by atoms with Gasteiger partial charge >= 0.3 is 0 Å². The van der Waals surface area contributed by atoms with Crippen LogP contribution in [0.4, 0.5) is 5.69 Å². The fourth-order valence-corrected chi connectivity index (χ4v) is 6.46. The van der Waals surface area contributed by atoms with E-state index in [1.54, 1.807) is 6.07 Å². The number of hydrogen-bond donors (Lipinski definition) is 3. The number of nitrogens with one attached hydrogen (secondary N) is 2. The van der Waals surface area contributed by atoms with Gasteiger partial charge in [-0.25, -0.2) is 27.0 Å². The number of rotatable bonds is 7. The second-order valence-corrected chi connectivity index (χ2v) is 12.6. The van der Waals surface area contributed by atoms with Crippen molar-refractivity contribution in [2.45, 2.75) is 11.7 Å². The van der Waals surface area contributed by atoms with E-state index in [4.69, 9.17) is 5.14 Å². The molecule has 1 atom stereocenters. The minimum Gasteiger partial charge on any atom is -0.354 e. The van der Waals surface area contributed by atoms with Crippen LogP contribution in [0.25, 0.3) is 21.3 Å². The van der Waals surface area contributed by atoms with Gasteiger partial charge in [-0.1, -0.05) is 18.2 Å². The number of thiazole rings is 1. The molecular formula is C20H20N4O6S3. The van der Waals surface area contributed by atoms with Crippen molar-refractivity contribution in [1.29, 1.82) is 0 Å². The largest absolute Gasteiger partial charge is 0.354 e. The molecule has 1 aliphatic rings. The summed E-state index contributed by atoms with van der Waals surface area (Å²) >= 11 is 1.07. The summed E-state index contributed by atoms with van der Waals surface area (Å²) in [7, 11) is -7.69. The molecule has 0 saturated heterocycles. The van der Waals surface area contributed by atoms with Crippen LogP contribution in [0.3, 0.4) is 0 Å². The number of carbonyl (C=O) groups is 2. The van der Waals surface area contributed by atoms with Crippen LogP contribution >= 0.6 is 11.3 Å². The van der Waals surface area contributed by atoms with Crippen molar-refractivity contribution in [3.63, 3.8) is 0 Å². The van der Waals surface area contributed by atoms with Gasteiger partial charge in [0.25, 0.3) is 0 Å². The second-order valence-electron chi connectivity index (χ2n) is 7.70. The Balaban J connectivity index is 1.64. The van der Waals surface area contributed by atoms with Crippen LogP contribution in [0.1, 0.15) is 15.8 Å². The number of nitrogens with two attached hydrogens (primary N) is 1. The smallest absolute Gasteiger partial charge is 0.245 e. The molecule has 0 fully saturated rings. The number of primary sulfonamides is 1. The third kappa shape index (κ3) is 5.21. The topological polar surface area (TPSA) is 165 Å². The van der Waals surface area contributed by atoms with E-state index < -0.39 is 36.8 Å². The van der Waals surface area contributed by atoms with Crippen molar-refractivity contribution in [3.05, 3.63) is 47.0 Å². The Kier molecular flexibility index (Phi) is 5.99. The van der Waals surface area contributed by atoms with Crippen molar-refractivity contribution in [1.82, 2.24) is 10.3 Å². The minimum atomic E-state index is -3.89. The first-order chi connectivity index (χ1) is 15.4. The standard InChI is InChI=1S/C20H20N4O6S3/c1-32(27,28)18(19(26)22-6-7-33(21,29)30)20-24-14-5-4-12(9-16(14)31-20)11-2-3-13-10-17(25)23-15(13)8-11/h2-5,8-9,18H,6-7,10H2,1H3,(H,22,26)(H,23,25)(H2,21,29,30). The molecule has 0 aliphatic carbocycles. The molecule has 10 nitrogen and oxygen atoms in total. The van der Waals surface area contributed by atoms with E-state index in [-0.39, 0.29) is 17.5 Å². The summed E-state index contributed by atoms with van der Waals surface area (Å²) in [6.07, 6.45) is 1.27. The Morgan fingerprint density at radius 1 is 1.18 bits per heavy atom. The maximum atomic E-state index is 12.6. The molecule has 0 spiro atoms. The number of nitrogens with zero attached hydrogens (tertiary/aromatic N) is 1. The molecule has 0 bridgehead atoms. The van der Waals surface area contributed by atoms with E-state index in [0.29, 0.717) is 16.6 Å². The average molecular weight is 509 g/mol. The monoisotopic (exact) mass is 508 g/mol. The van der Waals surface area contributed by atoms with Crippen molar-refractivity contribution in [3.8, 4) is 11.1 Å². The highest BCUT2D eigenvalue weighted by molar-refractivity contribution is 7.91. The molecule has 174 valence electrons. The molecule has 2 aromatic carbocycles. The molecule has 4 N–H and O–H groups in total. The van der Waals surface area contributed by atoms with Gasteiger partial charge in [0.15, 0.2) is 15.1 Å². The maximum absolute atomic E-state index is 12.6. The first-order valence-electron chi connectivity index (χ1n) is 9.71. The zero-order chi connectivity index (χ0) is 24.0. The highest BCUT2D eigenvalue weighted by Gasteiger charge is 2.34. The molecule has 33 heavy (non-hydrogen) atoms. The third-order valence-corrected chi connectivity index (χ3v) is 8.35. The van der Waals surface area contributed by atoms with E-state index in [1.807, 2.05) is 30.3 Å². The van der Waals surface area contributed by atoms with Crippen LogP contribution < -0.4 is 15.8 Å². The molecule has 2 amide bonds.